The average molecular weight is 399 g/mol. The Morgan fingerprint density at radius 2 is 2.17 bits per heavy atom. The van der Waals surface area contributed by atoms with E-state index in [4.69, 9.17) is 4.74 Å². The maximum atomic E-state index is 12.2. The second kappa shape index (κ2) is 7.76. The second-order valence-electron chi connectivity index (χ2n) is 5.78. The molecule has 1 atom stereocenters. The predicted molar refractivity (Wildman–Crippen MR) is 89.6 cm³/mol. The van der Waals surface area contributed by atoms with Gasteiger partial charge in [0.15, 0.2) is 0 Å². The van der Waals surface area contributed by atoms with E-state index in [-0.39, 0.29) is 31.5 Å². The summed E-state index contributed by atoms with van der Waals surface area (Å²) in [5.41, 5.74) is -0.628. The van der Waals surface area contributed by atoms with Crippen LogP contribution in [0.5, 0.6) is 0 Å². The van der Waals surface area contributed by atoms with Crippen molar-refractivity contribution in [2.45, 2.75) is 6.42 Å². The molecule has 0 radical (unpaired) electrons. The molecule has 1 heterocycles. The number of amides is 2. The van der Waals surface area contributed by atoms with Gasteiger partial charge in [-0.15, -0.1) is 0 Å². The molecule has 7 nitrogen and oxygen atoms in total. The molecule has 1 aromatic rings. The van der Waals surface area contributed by atoms with Crippen LogP contribution in [0.3, 0.4) is 0 Å². The molecule has 1 fully saturated rings. The molecule has 130 valence electrons. The van der Waals surface area contributed by atoms with Crippen LogP contribution in [0.4, 0.5) is 0 Å². The van der Waals surface area contributed by atoms with Gasteiger partial charge in [-0.05, 0) is 24.6 Å². The molecule has 2 amide bonds. The number of halogens is 1. The summed E-state index contributed by atoms with van der Waals surface area (Å²) in [5, 5.41) is 12.0. The van der Waals surface area contributed by atoms with Crippen LogP contribution in [-0.4, -0.2) is 61.1 Å². The number of benzene rings is 1. The molecule has 0 aromatic heterocycles. The number of likely N-dealkylation sites (tertiary alicyclic amines) is 1. The molecule has 0 bridgehead atoms. The maximum Gasteiger partial charge on any atom is 0.313 e. The van der Waals surface area contributed by atoms with Crippen LogP contribution in [-0.2, 0) is 14.3 Å². The first-order valence-corrected chi connectivity index (χ1v) is 8.21. The summed E-state index contributed by atoms with van der Waals surface area (Å²) in [7, 11) is 1.44. The van der Waals surface area contributed by atoms with E-state index in [1.165, 1.54) is 12.0 Å². The van der Waals surface area contributed by atoms with E-state index in [9.17, 15) is 19.5 Å². The monoisotopic (exact) mass is 398 g/mol. The largest absolute Gasteiger partial charge is 0.481 e. The number of carboxylic acid groups (broad SMARTS) is 1. The molecule has 1 saturated heterocycles. The number of hydrogen-bond acceptors (Lipinski definition) is 4. The zero-order valence-corrected chi connectivity index (χ0v) is 14.8. The molecule has 1 unspecified atom stereocenters. The Hall–Kier alpha value is -1.93. The molecule has 0 spiro atoms. The summed E-state index contributed by atoms with van der Waals surface area (Å²) in [6, 6.07) is 6.83. The van der Waals surface area contributed by atoms with E-state index >= 15 is 0 Å². The number of hydrogen-bond donors (Lipinski definition) is 2. The van der Waals surface area contributed by atoms with Crippen LogP contribution >= 0.6 is 15.9 Å². The highest BCUT2D eigenvalue weighted by molar-refractivity contribution is 9.10. The number of carbonyl (C=O) groups excluding carboxylic acids is 2. The topological polar surface area (TPSA) is 95.9 Å². The van der Waals surface area contributed by atoms with Gasteiger partial charge in [-0.2, -0.15) is 0 Å². The Bertz CT molecular complexity index is 651. The Morgan fingerprint density at radius 3 is 2.79 bits per heavy atom. The van der Waals surface area contributed by atoms with E-state index < -0.39 is 11.4 Å². The first kappa shape index (κ1) is 18.4. The van der Waals surface area contributed by atoms with Crippen molar-refractivity contribution in [3.05, 3.63) is 34.3 Å². The van der Waals surface area contributed by atoms with Crippen LogP contribution in [0.15, 0.2) is 28.7 Å². The van der Waals surface area contributed by atoms with Crippen molar-refractivity contribution < 1.29 is 24.2 Å². The van der Waals surface area contributed by atoms with Crippen molar-refractivity contribution in [3.63, 3.8) is 0 Å². The van der Waals surface area contributed by atoms with Crippen molar-refractivity contribution in [2.24, 2.45) is 5.41 Å². The molecule has 1 aliphatic rings. The van der Waals surface area contributed by atoms with Crippen LogP contribution in [0.2, 0.25) is 0 Å². The highest BCUT2D eigenvalue weighted by Gasteiger charge is 2.46. The molecule has 1 aromatic carbocycles. The number of carboxylic acids is 1. The third kappa shape index (κ3) is 4.12. The Kier molecular flexibility index (Phi) is 5.95. The van der Waals surface area contributed by atoms with Gasteiger partial charge in [-0.25, -0.2) is 0 Å². The van der Waals surface area contributed by atoms with Crippen LogP contribution in [0, 0.1) is 5.41 Å². The first-order chi connectivity index (χ1) is 11.4. The Balaban J connectivity index is 1.91. The summed E-state index contributed by atoms with van der Waals surface area (Å²) in [6.45, 7) is 0.299. The molecule has 24 heavy (non-hydrogen) atoms. The van der Waals surface area contributed by atoms with Gasteiger partial charge in [0.2, 0.25) is 5.91 Å². The number of nitrogens with one attached hydrogen (secondary N) is 1. The zero-order chi connectivity index (χ0) is 17.7. The van der Waals surface area contributed by atoms with Gasteiger partial charge < -0.3 is 20.1 Å². The van der Waals surface area contributed by atoms with Crippen molar-refractivity contribution in [1.82, 2.24) is 10.2 Å². The lowest BCUT2D eigenvalue weighted by molar-refractivity contribution is -0.151. The summed E-state index contributed by atoms with van der Waals surface area (Å²) in [5.74, 6) is -1.64. The second-order valence-corrected chi connectivity index (χ2v) is 6.69. The number of rotatable bonds is 6. The fourth-order valence-corrected chi connectivity index (χ4v) is 3.11. The van der Waals surface area contributed by atoms with Gasteiger partial charge in [0, 0.05) is 30.2 Å². The Morgan fingerprint density at radius 1 is 1.42 bits per heavy atom. The standard InChI is InChI=1S/C16H19BrN2O5/c1-24-10-16(15(22)23)5-6-19(9-16)13(20)8-18-14(21)11-3-2-4-12(17)7-11/h2-4,7H,5-6,8-10H2,1H3,(H,18,21)(H,22,23). The van der Waals surface area contributed by atoms with E-state index in [2.05, 4.69) is 21.2 Å². The Labute approximate surface area is 148 Å². The van der Waals surface area contributed by atoms with E-state index in [0.29, 0.717) is 18.5 Å². The maximum absolute atomic E-state index is 12.2. The summed E-state index contributed by atoms with van der Waals surface area (Å²) < 4.78 is 5.76. The third-order valence-corrected chi connectivity index (χ3v) is 4.56. The quantitative estimate of drug-likeness (QED) is 0.748. The summed E-state index contributed by atoms with van der Waals surface area (Å²) in [6.07, 6.45) is 0.335. The minimum absolute atomic E-state index is 0.0521. The lowest BCUT2D eigenvalue weighted by atomic mass is 9.88. The third-order valence-electron chi connectivity index (χ3n) is 4.07. The first-order valence-electron chi connectivity index (χ1n) is 7.42. The molecule has 0 saturated carbocycles. The van der Waals surface area contributed by atoms with Crippen LogP contribution < -0.4 is 5.32 Å². The minimum Gasteiger partial charge on any atom is -0.481 e. The molecule has 8 heteroatoms. The lowest BCUT2D eigenvalue weighted by Gasteiger charge is -2.23. The number of aliphatic carboxylic acids is 1. The van der Waals surface area contributed by atoms with Gasteiger partial charge in [0.25, 0.3) is 5.91 Å². The number of nitrogens with zero attached hydrogens (tertiary/aromatic N) is 1. The van der Waals surface area contributed by atoms with E-state index in [1.54, 1.807) is 24.3 Å². The smallest absolute Gasteiger partial charge is 0.313 e. The zero-order valence-electron chi connectivity index (χ0n) is 13.3. The molecular weight excluding hydrogens is 380 g/mol. The van der Waals surface area contributed by atoms with E-state index in [0.717, 1.165) is 4.47 Å². The minimum atomic E-state index is -1.07. The molecule has 1 aliphatic heterocycles. The van der Waals surface area contributed by atoms with Crippen molar-refractivity contribution >= 4 is 33.7 Å². The highest BCUT2D eigenvalue weighted by atomic mass is 79.9. The van der Waals surface area contributed by atoms with Gasteiger partial charge >= 0.3 is 5.97 Å². The number of carbonyl (C=O) groups is 3. The molecule has 2 rings (SSSR count). The average Bonchev–Trinajstić information content (AvgIpc) is 2.98. The normalized spacial score (nSPS) is 20.0. The van der Waals surface area contributed by atoms with Crippen molar-refractivity contribution in [2.75, 3.05) is 33.4 Å². The number of ether oxygens (including phenoxy) is 1. The summed E-state index contributed by atoms with van der Waals surface area (Å²) in [4.78, 5) is 37.2. The van der Waals surface area contributed by atoms with Crippen LogP contribution in [0.1, 0.15) is 16.8 Å². The fourth-order valence-electron chi connectivity index (χ4n) is 2.72. The fraction of sp³-hybridized carbons (Fsp3) is 0.438. The highest BCUT2D eigenvalue weighted by Crippen LogP contribution is 2.31. The molecular formula is C16H19BrN2O5. The lowest BCUT2D eigenvalue weighted by Crippen LogP contribution is -2.43. The van der Waals surface area contributed by atoms with E-state index in [1.807, 2.05) is 0 Å². The van der Waals surface area contributed by atoms with Gasteiger partial charge in [0.1, 0.15) is 5.41 Å². The molecule has 2 N–H and O–H groups in total. The molecule has 0 aliphatic carbocycles. The van der Waals surface area contributed by atoms with Crippen molar-refractivity contribution in [1.29, 1.82) is 0 Å². The van der Waals surface area contributed by atoms with Crippen molar-refractivity contribution in [3.8, 4) is 0 Å². The van der Waals surface area contributed by atoms with Gasteiger partial charge in [-0.3, -0.25) is 14.4 Å². The van der Waals surface area contributed by atoms with Gasteiger partial charge in [-0.1, -0.05) is 22.0 Å². The van der Waals surface area contributed by atoms with Gasteiger partial charge in [0.05, 0.1) is 13.2 Å². The summed E-state index contributed by atoms with van der Waals surface area (Å²) >= 11 is 3.28. The van der Waals surface area contributed by atoms with Crippen LogP contribution in [0.25, 0.3) is 0 Å². The predicted octanol–water partition coefficient (Wildman–Crippen LogP) is 1.13. The number of methoxy groups -OCH3 is 1. The SMILES string of the molecule is COCC1(C(=O)O)CCN(C(=O)CNC(=O)c2cccc(Br)c2)C1.